The molecule has 0 bridgehead atoms. The number of hydrogen-bond acceptors (Lipinski definition) is 8. The number of fused-ring (bicyclic) bond motifs is 1. The molecule has 1 aromatic heterocycles. The predicted octanol–water partition coefficient (Wildman–Crippen LogP) is 1.81. The van der Waals surface area contributed by atoms with Gasteiger partial charge in [0, 0.05) is 11.6 Å². The van der Waals surface area contributed by atoms with E-state index in [2.05, 4.69) is 21.4 Å². The Morgan fingerprint density at radius 2 is 2.14 bits per heavy atom. The summed E-state index contributed by atoms with van der Waals surface area (Å²) < 4.78 is 5.85. The van der Waals surface area contributed by atoms with Crippen molar-refractivity contribution in [1.82, 2.24) is 10.3 Å². The van der Waals surface area contributed by atoms with E-state index in [1.165, 1.54) is 6.20 Å². The van der Waals surface area contributed by atoms with Crippen molar-refractivity contribution in [3.8, 4) is 11.8 Å². The number of pyridine rings is 1. The Kier molecular flexibility index (Phi) is 6.49. The SMILES string of the molecule is CC(C)Oc1c(C#N)cnc2ccc(/C=C3/SC(=NC(CO)CO)NC3=O)cc12. The van der Waals surface area contributed by atoms with Gasteiger partial charge in [-0.1, -0.05) is 6.07 Å². The number of thioether (sulfide) groups is 1. The van der Waals surface area contributed by atoms with E-state index in [1.54, 1.807) is 12.1 Å². The van der Waals surface area contributed by atoms with E-state index in [0.29, 0.717) is 32.3 Å². The first kappa shape index (κ1) is 20.8. The number of benzene rings is 1. The van der Waals surface area contributed by atoms with Gasteiger partial charge in [-0.15, -0.1) is 0 Å². The monoisotopic (exact) mass is 412 g/mol. The Hall–Kier alpha value is -2.93. The zero-order chi connectivity index (χ0) is 21.0. The molecule has 0 aliphatic carbocycles. The number of carbonyl (C=O) groups excluding carboxylic acids is 1. The minimum absolute atomic E-state index is 0.115. The second kappa shape index (κ2) is 9.05. The summed E-state index contributed by atoms with van der Waals surface area (Å²) in [5, 5.41) is 31.3. The number of carbonyl (C=O) groups is 1. The van der Waals surface area contributed by atoms with Crippen LogP contribution in [0, 0.1) is 11.3 Å². The summed E-state index contributed by atoms with van der Waals surface area (Å²) in [6, 6.07) is 6.87. The van der Waals surface area contributed by atoms with Crippen LogP contribution in [0.3, 0.4) is 0 Å². The highest BCUT2D eigenvalue weighted by Crippen LogP contribution is 2.32. The normalized spacial score (nSPS) is 16.8. The highest BCUT2D eigenvalue weighted by Gasteiger charge is 2.24. The molecule has 2 aromatic rings. The molecule has 150 valence electrons. The molecule has 1 aliphatic heterocycles. The molecule has 1 saturated heterocycles. The van der Waals surface area contributed by atoms with Crippen LogP contribution in [0.5, 0.6) is 5.75 Å². The summed E-state index contributed by atoms with van der Waals surface area (Å²) in [5.74, 6) is 0.151. The lowest BCUT2D eigenvalue weighted by molar-refractivity contribution is -0.115. The van der Waals surface area contributed by atoms with Crippen LogP contribution in [0.1, 0.15) is 25.0 Å². The third kappa shape index (κ3) is 4.74. The predicted molar refractivity (Wildman–Crippen MR) is 111 cm³/mol. The molecule has 8 nitrogen and oxygen atoms in total. The molecular formula is C20H20N4O4S. The Bertz CT molecular complexity index is 1040. The van der Waals surface area contributed by atoms with Gasteiger partial charge in [0.2, 0.25) is 0 Å². The lowest BCUT2D eigenvalue weighted by Crippen LogP contribution is -2.24. The summed E-state index contributed by atoms with van der Waals surface area (Å²) >= 11 is 1.13. The fourth-order valence-corrected chi connectivity index (χ4v) is 3.56. The van der Waals surface area contributed by atoms with Gasteiger partial charge in [-0.25, -0.2) is 0 Å². The molecule has 29 heavy (non-hydrogen) atoms. The van der Waals surface area contributed by atoms with Gasteiger partial charge in [0.25, 0.3) is 5.91 Å². The Labute approximate surface area is 171 Å². The van der Waals surface area contributed by atoms with Crippen LogP contribution in [-0.2, 0) is 4.79 Å². The summed E-state index contributed by atoms with van der Waals surface area (Å²) in [5.41, 5.74) is 1.77. The van der Waals surface area contributed by atoms with Gasteiger partial charge >= 0.3 is 0 Å². The van der Waals surface area contributed by atoms with Crippen LogP contribution in [0.2, 0.25) is 0 Å². The van der Waals surface area contributed by atoms with Crippen LogP contribution >= 0.6 is 11.8 Å². The first-order chi connectivity index (χ1) is 13.9. The number of hydrogen-bond donors (Lipinski definition) is 3. The minimum Gasteiger partial charge on any atom is -0.489 e. The number of nitrogens with one attached hydrogen (secondary N) is 1. The molecule has 1 aromatic carbocycles. The number of amidine groups is 1. The van der Waals surface area contributed by atoms with Crippen molar-refractivity contribution in [3.63, 3.8) is 0 Å². The lowest BCUT2D eigenvalue weighted by Gasteiger charge is -2.14. The Morgan fingerprint density at radius 3 is 2.79 bits per heavy atom. The summed E-state index contributed by atoms with van der Waals surface area (Å²) in [6.07, 6.45) is 3.07. The van der Waals surface area contributed by atoms with Crippen LogP contribution in [0.4, 0.5) is 0 Å². The molecule has 0 radical (unpaired) electrons. The van der Waals surface area contributed by atoms with Crippen molar-refractivity contribution in [2.24, 2.45) is 4.99 Å². The van der Waals surface area contributed by atoms with E-state index in [4.69, 9.17) is 14.9 Å². The van der Waals surface area contributed by atoms with Gasteiger partial charge in [0.1, 0.15) is 17.4 Å². The van der Waals surface area contributed by atoms with Crippen molar-refractivity contribution >= 4 is 39.8 Å². The third-order valence-electron chi connectivity index (χ3n) is 3.99. The number of aliphatic hydroxyl groups excluding tert-OH is 2. The number of aliphatic imine (C=N–C) groups is 1. The quantitative estimate of drug-likeness (QED) is 0.617. The van der Waals surface area contributed by atoms with E-state index in [-0.39, 0.29) is 25.2 Å². The van der Waals surface area contributed by atoms with Gasteiger partial charge in [-0.2, -0.15) is 5.26 Å². The maximum Gasteiger partial charge on any atom is 0.264 e. The molecule has 9 heteroatoms. The molecule has 1 fully saturated rings. The van der Waals surface area contributed by atoms with Crippen LogP contribution in [-0.4, -0.2) is 51.6 Å². The molecular weight excluding hydrogens is 392 g/mol. The number of rotatable bonds is 6. The number of ether oxygens (including phenoxy) is 1. The maximum atomic E-state index is 12.2. The van der Waals surface area contributed by atoms with Gasteiger partial charge in [-0.05, 0) is 49.4 Å². The van der Waals surface area contributed by atoms with Crippen LogP contribution < -0.4 is 10.1 Å². The van der Waals surface area contributed by atoms with Crippen LogP contribution in [0.15, 0.2) is 34.3 Å². The second-order valence-electron chi connectivity index (χ2n) is 6.57. The second-order valence-corrected chi connectivity index (χ2v) is 7.60. The van der Waals surface area contributed by atoms with Gasteiger partial charge in [0.05, 0.1) is 35.8 Å². The molecule has 1 amide bonds. The van der Waals surface area contributed by atoms with E-state index in [1.807, 2.05) is 26.0 Å². The van der Waals surface area contributed by atoms with Crippen molar-refractivity contribution in [3.05, 3.63) is 40.4 Å². The number of amides is 1. The van der Waals surface area contributed by atoms with E-state index >= 15 is 0 Å². The Morgan fingerprint density at radius 1 is 1.38 bits per heavy atom. The summed E-state index contributed by atoms with van der Waals surface area (Å²) in [7, 11) is 0. The fraction of sp³-hybridized carbons (Fsp3) is 0.300. The average molecular weight is 412 g/mol. The number of nitriles is 1. The Balaban J connectivity index is 1.98. The zero-order valence-electron chi connectivity index (χ0n) is 15.9. The average Bonchev–Trinajstić information content (AvgIpc) is 3.05. The van der Waals surface area contributed by atoms with Crippen molar-refractivity contribution < 1.29 is 19.7 Å². The maximum absolute atomic E-state index is 12.2. The molecule has 0 saturated carbocycles. The third-order valence-corrected chi connectivity index (χ3v) is 4.91. The minimum atomic E-state index is -0.677. The fourth-order valence-electron chi connectivity index (χ4n) is 2.66. The zero-order valence-corrected chi connectivity index (χ0v) is 16.7. The smallest absolute Gasteiger partial charge is 0.264 e. The molecule has 2 heterocycles. The first-order valence-corrected chi connectivity index (χ1v) is 9.76. The number of aromatic nitrogens is 1. The van der Waals surface area contributed by atoms with E-state index in [9.17, 15) is 10.1 Å². The molecule has 1 aliphatic rings. The summed E-state index contributed by atoms with van der Waals surface area (Å²) in [4.78, 5) is 21.1. The van der Waals surface area contributed by atoms with Crippen molar-refractivity contribution in [2.45, 2.75) is 26.0 Å². The number of aliphatic hydroxyl groups is 2. The van der Waals surface area contributed by atoms with E-state index < -0.39 is 6.04 Å². The van der Waals surface area contributed by atoms with E-state index in [0.717, 1.165) is 17.3 Å². The molecule has 3 N–H and O–H groups in total. The van der Waals surface area contributed by atoms with Gasteiger partial charge in [0.15, 0.2) is 5.17 Å². The highest BCUT2D eigenvalue weighted by atomic mass is 32.2. The van der Waals surface area contributed by atoms with Gasteiger partial charge < -0.3 is 20.3 Å². The standard InChI is InChI=1S/C20H20N4O4S/c1-11(2)28-18-13(7-21)8-22-16-4-3-12(5-15(16)18)6-17-19(27)24-20(29-17)23-14(9-25)10-26/h3-6,8,11,14,25-26H,9-10H2,1-2H3,(H,23,24,27)/b17-6+. The van der Waals surface area contributed by atoms with Crippen LogP contribution in [0.25, 0.3) is 17.0 Å². The molecule has 0 atom stereocenters. The summed E-state index contributed by atoms with van der Waals surface area (Å²) in [6.45, 7) is 3.14. The van der Waals surface area contributed by atoms with Crippen molar-refractivity contribution in [2.75, 3.05) is 13.2 Å². The molecule has 3 rings (SSSR count). The first-order valence-electron chi connectivity index (χ1n) is 8.95. The lowest BCUT2D eigenvalue weighted by atomic mass is 10.1. The largest absolute Gasteiger partial charge is 0.489 e. The van der Waals surface area contributed by atoms with Gasteiger partial charge in [-0.3, -0.25) is 14.8 Å². The number of nitrogens with zero attached hydrogens (tertiary/aromatic N) is 3. The highest BCUT2D eigenvalue weighted by molar-refractivity contribution is 8.18. The molecule has 0 spiro atoms. The van der Waals surface area contributed by atoms with Crippen molar-refractivity contribution in [1.29, 1.82) is 5.26 Å². The topological polar surface area (TPSA) is 128 Å². The molecule has 0 unspecified atom stereocenters.